The predicted molar refractivity (Wildman–Crippen MR) is 105 cm³/mol. The van der Waals surface area contributed by atoms with Crippen LogP contribution in [-0.4, -0.2) is 25.6 Å². The van der Waals surface area contributed by atoms with Gasteiger partial charge in [-0.05, 0) is 49.1 Å². The Morgan fingerprint density at radius 3 is 2.78 bits per heavy atom. The molecule has 140 valence electrons. The highest BCUT2D eigenvalue weighted by molar-refractivity contribution is 7.16. The number of methoxy groups -OCH3 is 1. The van der Waals surface area contributed by atoms with E-state index in [9.17, 15) is 10.1 Å². The number of benzene rings is 1. The fraction of sp³-hybridized carbons (Fsp3) is 0.429. The monoisotopic (exact) mass is 382 g/mol. The topological polar surface area (TPSA) is 66.6 Å². The van der Waals surface area contributed by atoms with Gasteiger partial charge in [0.25, 0.3) is 5.91 Å². The van der Waals surface area contributed by atoms with Gasteiger partial charge in [0.05, 0.1) is 18.7 Å². The molecule has 1 aromatic heterocycles. The van der Waals surface area contributed by atoms with Crippen LogP contribution in [0.4, 0.5) is 5.00 Å². The molecule has 0 saturated heterocycles. The highest BCUT2D eigenvalue weighted by Gasteiger charge is 2.35. The van der Waals surface area contributed by atoms with Crippen molar-refractivity contribution in [2.24, 2.45) is 0 Å². The van der Waals surface area contributed by atoms with Crippen LogP contribution in [0.5, 0.6) is 5.75 Å². The van der Waals surface area contributed by atoms with Crippen LogP contribution in [0.1, 0.15) is 40.8 Å². The van der Waals surface area contributed by atoms with Crippen LogP contribution in [-0.2, 0) is 24.2 Å². The minimum atomic E-state index is 0.00170. The van der Waals surface area contributed by atoms with Gasteiger partial charge in [0.1, 0.15) is 23.4 Å². The number of hydrogen-bond donors (Lipinski definition) is 2. The van der Waals surface area contributed by atoms with Crippen molar-refractivity contribution in [3.8, 4) is 11.8 Å². The number of amides is 1. The minimum absolute atomic E-state index is 0.00170. The number of ether oxygens (including phenoxy) is 1. The zero-order valence-electron chi connectivity index (χ0n) is 15.5. The molecule has 0 radical (unpaired) electrons. The number of aryl methyl sites for hydroxylation is 1. The number of thiophene rings is 1. The summed E-state index contributed by atoms with van der Waals surface area (Å²) in [5.41, 5.74) is 3.05. The van der Waals surface area contributed by atoms with Crippen molar-refractivity contribution < 1.29 is 14.4 Å². The number of rotatable bonds is 7. The third kappa shape index (κ3) is 4.00. The Labute approximate surface area is 163 Å². The molecular formula is C21H24N3O2S+. The van der Waals surface area contributed by atoms with Crippen molar-refractivity contribution in [1.82, 2.24) is 0 Å². The first-order valence-corrected chi connectivity index (χ1v) is 10.3. The lowest BCUT2D eigenvalue weighted by atomic mass is 10.1. The van der Waals surface area contributed by atoms with Gasteiger partial charge in [0.15, 0.2) is 6.54 Å². The Balaban J connectivity index is 1.42. The molecule has 5 nitrogen and oxygen atoms in total. The van der Waals surface area contributed by atoms with E-state index >= 15 is 0 Å². The van der Waals surface area contributed by atoms with Gasteiger partial charge in [0, 0.05) is 23.3 Å². The van der Waals surface area contributed by atoms with E-state index in [1.54, 1.807) is 18.4 Å². The van der Waals surface area contributed by atoms with Gasteiger partial charge in [-0.3, -0.25) is 4.79 Å². The van der Waals surface area contributed by atoms with Crippen LogP contribution in [0.15, 0.2) is 24.3 Å². The summed E-state index contributed by atoms with van der Waals surface area (Å²) in [7, 11) is 1.66. The lowest BCUT2D eigenvalue weighted by Gasteiger charge is -2.19. The smallest absolute Gasteiger partial charge is 0.280 e. The maximum atomic E-state index is 12.7. The number of anilines is 1. The maximum Gasteiger partial charge on any atom is 0.280 e. The van der Waals surface area contributed by atoms with Crippen LogP contribution in [0.25, 0.3) is 0 Å². The quantitative estimate of drug-likeness (QED) is 0.772. The molecule has 4 rings (SSSR count). The van der Waals surface area contributed by atoms with Gasteiger partial charge in [-0.15, -0.1) is 11.3 Å². The van der Waals surface area contributed by atoms with E-state index in [0.29, 0.717) is 18.2 Å². The number of nitriles is 1. The highest BCUT2D eigenvalue weighted by Crippen LogP contribution is 2.38. The molecule has 1 aromatic carbocycles. The predicted octanol–water partition coefficient (Wildman–Crippen LogP) is 2.30. The van der Waals surface area contributed by atoms with Crippen LogP contribution < -0.4 is 15.0 Å². The fourth-order valence-corrected chi connectivity index (χ4v) is 5.09. The maximum absolute atomic E-state index is 12.7. The largest absolute Gasteiger partial charge is 0.497 e. The summed E-state index contributed by atoms with van der Waals surface area (Å²) in [6.45, 7) is 1.26. The molecule has 2 aromatic rings. The number of nitrogens with zero attached hydrogens (tertiary/aromatic N) is 1. The van der Waals surface area contributed by atoms with Crippen LogP contribution in [0.3, 0.4) is 0 Å². The van der Waals surface area contributed by atoms with E-state index in [2.05, 4.69) is 23.5 Å². The third-order valence-electron chi connectivity index (χ3n) is 5.42. The lowest BCUT2D eigenvalue weighted by molar-refractivity contribution is -0.916. The molecule has 1 atom stereocenters. The van der Waals surface area contributed by atoms with E-state index in [-0.39, 0.29) is 5.91 Å². The van der Waals surface area contributed by atoms with Gasteiger partial charge in [-0.2, -0.15) is 5.26 Å². The second-order valence-corrected chi connectivity index (χ2v) is 8.46. The van der Waals surface area contributed by atoms with Gasteiger partial charge in [0.2, 0.25) is 0 Å². The molecule has 0 bridgehead atoms. The van der Waals surface area contributed by atoms with E-state index in [4.69, 9.17) is 4.74 Å². The molecule has 2 aliphatic rings. The van der Waals surface area contributed by atoms with Crippen LogP contribution in [0.2, 0.25) is 0 Å². The van der Waals surface area contributed by atoms with Crippen molar-refractivity contribution in [3.05, 3.63) is 45.8 Å². The van der Waals surface area contributed by atoms with E-state index in [1.165, 1.54) is 28.2 Å². The average molecular weight is 383 g/mol. The zero-order chi connectivity index (χ0) is 18.8. The molecule has 1 saturated carbocycles. The Bertz CT molecular complexity index is 878. The highest BCUT2D eigenvalue weighted by atomic mass is 32.1. The summed E-state index contributed by atoms with van der Waals surface area (Å²) < 4.78 is 5.22. The Morgan fingerprint density at radius 2 is 2.11 bits per heavy atom. The molecule has 6 heteroatoms. The molecule has 1 amide bonds. The fourth-order valence-electron chi connectivity index (χ4n) is 3.84. The number of carbonyl (C=O) groups excluding carboxylic acids is 1. The Kier molecular flexibility index (Phi) is 5.15. The normalized spacial score (nSPS) is 16.4. The number of quaternary nitrogens is 1. The lowest BCUT2D eigenvalue weighted by Crippen LogP contribution is -3.13. The number of hydrogen-bond acceptors (Lipinski definition) is 4. The van der Waals surface area contributed by atoms with E-state index in [1.807, 2.05) is 12.1 Å². The molecule has 1 fully saturated rings. The first-order chi connectivity index (χ1) is 13.2. The second-order valence-electron chi connectivity index (χ2n) is 7.36. The number of nitrogens with one attached hydrogen (secondary N) is 2. The summed E-state index contributed by atoms with van der Waals surface area (Å²) in [4.78, 5) is 15.2. The average Bonchev–Trinajstić information content (AvgIpc) is 3.34. The summed E-state index contributed by atoms with van der Waals surface area (Å²) in [5.74, 6) is 0.848. The van der Waals surface area contributed by atoms with Crippen LogP contribution in [0, 0.1) is 11.3 Å². The third-order valence-corrected chi connectivity index (χ3v) is 6.63. The standard InChI is InChI=1S/C21H23N3O2S/c1-26-16-9-5-14(6-10-16)12-24(15-7-8-15)13-20(25)23-21-18(11-22)17-3-2-4-19(17)27-21/h5-6,9-10,15H,2-4,7-8,12-13H2,1H3,(H,23,25)/p+1. The molecule has 1 unspecified atom stereocenters. The molecular weight excluding hydrogens is 358 g/mol. The summed E-state index contributed by atoms with van der Waals surface area (Å²) >= 11 is 1.58. The van der Waals surface area contributed by atoms with Gasteiger partial charge < -0.3 is 15.0 Å². The first-order valence-electron chi connectivity index (χ1n) is 9.50. The molecule has 27 heavy (non-hydrogen) atoms. The molecule has 2 N–H and O–H groups in total. The van der Waals surface area contributed by atoms with E-state index in [0.717, 1.165) is 42.1 Å². The van der Waals surface area contributed by atoms with Crippen molar-refractivity contribution in [3.63, 3.8) is 0 Å². The van der Waals surface area contributed by atoms with Crippen molar-refractivity contribution in [2.45, 2.75) is 44.7 Å². The van der Waals surface area contributed by atoms with Crippen molar-refractivity contribution in [1.29, 1.82) is 5.26 Å². The number of fused-ring (bicyclic) bond motifs is 1. The first kappa shape index (κ1) is 18.0. The Morgan fingerprint density at radius 1 is 1.33 bits per heavy atom. The van der Waals surface area contributed by atoms with Gasteiger partial charge in [-0.1, -0.05) is 0 Å². The summed E-state index contributed by atoms with van der Waals surface area (Å²) in [6, 6.07) is 10.9. The summed E-state index contributed by atoms with van der Waals surface area (Å²) in [6.07, 6.45) is 5.46. The van der Waals surface area contributed by atoms with Gasteiger partial charge >= 0.3 is 0 Å². The molecule has 0 spiro atoms. The minimum Gasteiger partial charge on any atom is -0.497 e. The zero-order valence-corrected chi connectivity index (χ0v) is 16.3. The molecule has 2 aliphatic carbocycles. The van der Waals surface area contributed by atoms with Crippen molar-refractivity contribution >= 4 is 22.2 Å². The molecule has 1 heterocycles. The molecule has 0 aliphatic heterocycles. The SMILES string of the molecule is COc1ccc(C[NH+](CC(=O)Nc2sc3c(c2C#N)CCC3)C2CC2)cc1. The van der Waals surface area contributed by atoms with Crippen molar-refractivity contribution in [2.75, 3.05) is 19.0 Å². The number of carbonyl (C=O) groups is 1. The van der Waals surface area contributed by atoms with E-state index < -0.39 is 0 Å². The van der Waals surface area contributed by atoms with Gasteiger partial charge in [-0.25, -0.2) is 0 Å². The van der Waals surface area contributed by atoms with Crippen LogP contribution >= 0.6 is 11.3 Å². The summed E-state index contributed by atoms with van der Waals surface area (Å²) in [5, 5.41) is 13.3. The second kappa shape index (κ2) is 7.71. The Hall–Kier alpha value is -2.36.